The molecular formula is C13H10F3N3O2. The molecule has 1 aromatic carbocycles. The van der Waals surface area contributed by atoms with Gasteiger partial charge < -0.3 is 5.32 Å². The summed E-state index contributed by atoms with van der Waals surface area (Å²) in [5.74, 6) is 0.293. The largest absolute Gasteiger partial charge is 0.417 e. The topological polar surface area (TPSA) is 68.1 Å². The third kappa shape index (κ3) is 3.91. The monoisotopic (exact) mass is 297 g/mol. The van der Waals surface area contributed by atoms with Crippen LogP contribution in [0.15, 0.2) is 42.6 Å². The minimum Gasteiger partial charge on any atom is -0.366 e. The van der Waals surface area contributed by atoms with Crippen molar-refractivity contribution in [2.75, 3.05) is 5.32 Å². The van der Waals surface area contributed by atoms with E-state index in [0.29, 0.717) is 12.4 Å². The number of rotatable bonds is 4. The first-order chi connectivity index (χ1) is 9.86. The number of nitro benzene ring substituents is 1. The molecule has 1 aromatic heterocycles. The quantitative estimate of drug-likeness (QED) is 0.691. The molecule has 0 atom stereocenters. The molecule has 0 unspecified atom stereocenters. The first-order valence-corrected chi connectivity index (χ1v) is 5.87. The highest BCUT2D eigenvalue weighted by atomic mass is 19.4. The van der Waals surface area contributed by atoms with Gasteiger partial charge in [0.15, 0.2) is 0 Å². The summed E-state index contributed by atoms with van der Waals surface area (Å²) in [4.78, 5) is 13.7. The number of nitrogens with zero attached hydrogens (tertiary/aromatic N) is 2. The molecule has 0 saturated heterocycles. The van der Waals surface area contributed by atoms with Gasteiger partial charge in [-0.15, -0.1) is 0 Å². The zero-order chi connectivity index (χ0) is 15.5. The molecule has 0 amide bonds. The van der Waals surface area contributed by atoms with Gasteiger partial charge in [-0.1, -0.05) is 12.1 Å². The van der Waals surface area contributed by atoms with Crippen LogP contribution in [-0.2, 0) is 12.7 Å². The molecule has 0 saturated carbocycles. The van der Waals surface area contributed by atoms with Gasteiger partial charge in [-0.3, -0.25) is 10.1 Å². The molecular weight excluding hydrogens is 287 g/mol. The molecule has 1 N–H and O–H groups in total. The predicted molar refractivity (Wildman–Crippen MR) is 69.7 cm³/mol. The summed E-state index contributed by atoms with van der Waals surface area (Å²) in [6, 6.07) is 8.01. The number of pyridine rings is 1. The van der Waals surface area contributed by atoms with Crippen molar-refractivity contribution in [1.29, 1.82) is 0 Å². The van der Waals surface area contributed by atoms with E-state index < -0.39 is 16.7 Å². The first-order valence-electron chi connectivity index (χ1n) is 5.87. The second-order valence-corrected chi connectivity index (χ2v) is 4.21. The lowest BCUT2D eigenvalue weighted by Gasteiger charge is -2.08. The summed E-state index contributed by atoms with van der Waals surface area (Å²) in [5.41, 5.74) is -0.0860. The van der Waals surface area contributed by atoms with Gasteiger partial charge in [0.1, 0.15) is 5.82 Å². The van der Waals surface area contributed by atoms with Crippen LogP contribution in [0.4, 0.5) is 24.7 Å². The summed E-state index contributed by atoms with van der Waals surface area (Å²) >= 11 is 0. The van der Waals surface area contributed by atoms with Gasteiger partial charge in [0.25, 0.3) is 5.69 Å². The van der Waals surface area contributed by atoms with E-state index >= 15 is 0 Å². The molecule has 0 spiro atoms. The molecule has 2 aromatic rings. The number of alkyl halides is 3. The van der Waals surface area contributed by atoms with E-state index in [9.17, 15) is 23.3 Å². The van der Waals surface area contributed by atoms with E-state index in [1.807, 2.05) is 0 Å². The van der Waals surface area contributed by atoms with Crippen molar-refractivity contribution in [2.45, 2.75) is 12.7 Å². The number of halogens is 3. The van der Waals surface area contributed by atoms with Gasteiger partial charge in [0.2, 0.25) is 0 Å². The standard InChI is InChI=1S/C13H10F3N3O2/c14-13(15,16)10-3-6-12(18-8-10)17-7-9-1-4-11(5-2-9)19(20)21/h1-6,8H,7H2,(H,17,18). The molecule has 0 aliphatic heterocycles. The van der Waals surface area contributed by atoms with Crippen LogP contribution in [0, 0.1) is 10.1 Å². The Morgan fingerprint density at radius 1 is 1.14 bits per heavy atom. The average Bonchev–Trinajstić information content (AvgIpc) is 2.45. The van der Waals surface area contributed by atoms with Gasteiger partial charge in [-0.25, -0.2) is 4.98 Å². The van der Waals surface area contributed by atoms with E-state index in [-0.39, 0.29) is 5.69 Å². The lowest BCUT2D eigenvalue weighted by atomic mass is 10.2. The SMILES string of the molecule is O=[N+]([O-])c1ccc(CNc2ccc(C(F)(F)F)cn2)cc1. The summed E-state index contributed by atoms with van der Waals surface area (Å²) in [5, 5.41) is 13.3. The van der Waals surface area contributed by atoms with Crippen molar-refractivity contribution in [1.82, 2.24) is 4.98 Å². The Hall–Kier alpha value is -2.64. The average molecular weight is 297 g/mol. The maximum Gasteiger partial charge on any atom is 0.417 e. The zero-order valence-corrected chi connectivity index (χ0v) is 10.6. The van der Waals surface area contributed by atoms with Crippen LogP contribution in [0.3, 0.4) is 0 Å². The van der Waals surface area contributed by atoms with Crippen molar-refractivity contribution in [2.24, 2.45) is 0 Å². The van der Waals surface area contributed by atoms with E-state index in [4.69, 9.17) is 0 Å². The number of hydrogen-bond donors (Lipinski definition) is 1. The zero-order valence-electron chi connectivity index (χ0n) is 10.6. The van der Waals surface area contributed by atoms with Crippen LogP contribution in [0.25, 0.3) is 0 Å². The maximum atomic E-state index is 12.4. The number of hydrogen-bond acceptors (Lipinski definition) is 4. The Kier molecular flexibility index (Phi) is 4.06. The van der Waals surface area contributed by atoms with Gasteiger partial charge in [-0.05, 0) is 17.7 Å². The molecule has 0 radical (unpaired) electrons. The highest BCUT2D eigenvalue weighted by Gasteiger charge is 2.30. The number of anilines is 1. The van der Waals surface area contributed by atoms with E-state index in [1.165, 1.54) is 18.2 Å². The second kappa shape index (κ2) is 5.78. The first kappa shape index (κ1) is 14.8. The summed E-state index contributed by atoms with van der Waals surface area (Å²) in [7, 11) is 0. The van der Waals surface area contributed by atoms with Crippen LogP contribution < -0.4 is 5.32 Å². The van der Waals surface area contributed by atoms with Gasteiger partial charge in [-0.2, -0.15) is 13.2 Å². The molecule has 21 heavy (non-hydrogen) atoms. The lowest BCUT2D eigenvalue weighted by molar-refractivity contribution is -0.384. The number of benzene rings is 1. The molecule has 0 aliphatic rings. The molecule has 1 heterocycles. The van der Waals surface area contributed by atoms with Gasteiger partial charge in [0, 0.05) is 24.9 Å². The van der Waals surface area contributed by atoms with Gasteiger partial charge in [0.05, 0.1) is 10.5 Å². The van der Waals surface area contributed by atoms with E-state index in [1.54, 1.807) is 12.1 Å². The van der Waals surface area contributed by atoms with Crippen molar-refractivity contribution in [3.63, 3.8) is 0 Å². The summed E-state index contributed by atoms with van der Waals surface area (Å²) in [6.07, 6.45) is -3.66. The highest BCUT2D eigenvalue weighted by molar-refractivity contribution is 5.39. The fraction of sp³-hybridized carbons (Fsp3) is 0.154. The Morgan fingerprint density at radius 2 is 1.81 bits per heavy atom. The normalized spacial score (nSPS) is 11.2. The van der Waals surface area contributed by atoms with Crippen LogP contribution in [0.1, 0.15) is 11.1 Å². The Bertz CT molecular complexity index is 625. The molecule has 0 bridgehead atoms. The van der Waals surface area contributed by atoms with Crippen LogP contribution in [-0.4, -0.2) is 9.91 Å². The highest BCUT2D eigenvalue weighted by Crippen LogP contribution is 2.28. The van der Waals surface area contributed by atoms with Crippen LogP contribution >= 0.6 is 0 Å². The van der Waals surface area contributed by atoms with Crippen molar-refractivity contribution in [3.05, 3.63) is 63.8 Å². The molecule has 8 heteroatoms. The molecule has 2 rings (SSSR count). The number of aromatic nitrogens is 1. The Morgan fingerprint density at radius 3 is 2.29 bits per heavy atom. The van der Waals surface area contributed by atoms with Crippen LogP contribution in [0.5, 0.6) is 0 Å². The lowest BCUT2D eigenvalue weighted by Crippen LogP contribution is -2.07. The van der Waals surface area contributed by atoms with E-state index in [2.05, 4.69) is 10.3 Å². The molecule has 110 valence electrons. The smallest absolute Gasteiger partial charge is 0.366 e. The van der Waals surface area contributed by atoms with Crippen molar-refractivity contribution in [3.8, 4) is 0 Å². The third-order valence-corrected chi connectivity index (χ3v) is 2.71. The number of nitro groups is 1. The summed E-state index contributed by atoms with van der Waals surface area (Å²) in [6.45, 7) is 0.302. The number of nitrogens with one attached hydrogen (secondary N) is 1. The van der Waals surface area contributed by atoms with Gasteiger partial charge >= 0.3 is 6.18 Å². The van der Waals surface area contributed by atoms with Crippen LogP contribution in [0.2, 0.25) is 0 Å². The molecule has 5 nitrogen and oxygen atoms in total. The fourth-order valence-electron chi connectivity index (χ4n) is 1.59. The Balaban J connectivity index is 1.98. The van der Waals surface area contributed by atoms with Crippen molar-refractivity contribution < 1.29 is 18.1 Å². The van der Waals surface area contributed by atoms with E-state index in [0.717, 1.165) is 17.8 Å². The Labute approximate surface area is 117 Å². The third-order valence-electron chi connectivity index (χ3n) is 2.71. The van der Waals surface area contributed by atoms with Crippen molar-refractivity contribution >= 4 is 11.5 Å². The predicted octanol–water partition coefficient (Wildman–Crippen LogP) is 3.62. The maximum absolute atomic E-state index is 12.4. The second-order valence-electron chi connectivity index (χ2n) is 4.21. The fourth-order valence-corrected chi connectivity index (χ4v) is 1.59. The minimum absolute atomic E-state index is 0.0218. The molecule has 0 aliphatic carbocycles. The summed E-state index contributed by atoms with van der Waals surface area (Å²) < 4.78 is 37.1. The minimum atomic E-state index is -4.41. The number of non-ortho nitro benzene ring substituents is 1. The molecule has 0 fully saturated rings.